The normalized spacial score (nSPS) is 12.9. The van der Waals surface area contributed by atoms with E-state index in [0.717, 1.165) is 52.9 Å². The number of hydrogen-bond acceptors (Lipinski definition) is 7. The summed E-state index contributed by atoms with van der Waals surface area (Å²) in [5.41, 5.74) is 28.7. The van der Waals surface area contributed by atoms with Gasteiger partial charge in [0.2, 0.25) is 0 Å². The summed E-state index contributed by atoms with van der Waals surface area (Å²) in [5, 5.41) is 7.32. The summed E-state index contributed by atoms with van der Waals surface area (Å²) in [7, 11) is 24.0. The molecule has 13 heteroatoms. The summed E-state index contributed by atoms with van der Waals surface area (Å²) < 4.78 is 14.3. The van der Waals surface area contributed by atoms with Gasteiger partial charge in [-0.2, -0.15) is 18.6 Å². The fourth-order valence-electron chi connectivity index (χ4n) is 12.5. The number of nitrogens with zero attached hydrogens (tertiary/aromatic N) is 5. The summed E-state index contributed by atoms with van der Waals surface area (Å²) >= 11 is -3.65. The third kappa shape index (κ3) is 23.4. The Hall–Kier alpha value is -6.32. The topological polar surface area (TPSA) is 55.2 Å². The van der Waals surface area contributed by atoms with Crippen molar-refractivity contribution in [3.63, 3.8) is 0 Å². The van der Waals surface area contributed by atoms with Crippen molar-refractivity contribution >= 4 is 81.9 Å². The van der Waals surface area contributed by atoms with Crippen LogP contribution in [0.5, 0.6) is 11.5 Å². The minimum atomic E-state index is -1.88. The second-order valence-corrected chi connectivity index (χ2v) is 36.0. The average Bonchev–Trinajstić information content (AvgIpc) is 1.64. The zero-order valence-corrected chi connectivity index (χ0v) is 64.7. The number of allylic oxidation sites excluding steroid dienone is 2. The summed E-state index contributed by atoms with van der Waals surface area (Å²) in [6.45, 7) is 46.6. The van der Waals surface area contributed by atoms with Gasteiger partial charge >= 0.3 is 218 Å². The molecule has 2 heterocycles. The molecular formula is C83H103Cl4N5O2Ru2-2. The van der Waals surface area contributed by atoms with Crippen LogP contribution in [0.25, 0.3) is 11.6 Å². The minimum absolute atomic E-state index is 0. The predicted octanol–water partition coefficient (Wildman–Crippen LogP) is 23.4. The molecule has 8 aromatic rings. The van der Waals surface area contributed by atoms with Crippen LogP contribution in [0.2, 0.25) is 0 Å². The van der Waals surface area contributed by atoms with E-state index in [2.05, 4.69) is 213 Å². The Labute approximate surface area is 605 Å². The van der Waals surface area contributed by atoms with Crippen LogP contribution >= 0.6 is 38.8 Å². The first-order chi connectivity index (χ1) is 44.7. The quantitative estimate of drug-likeness (QED) is 0.0945. The molecular weight excluding hydrogens is 1440 g/mol. The molecule has 3 aliphatic rings. The summed E-state index contributed by atoms with van der Waals surface area (Å²) in [6.07, 6.45) is 6.61. The Morgan fingerprint density at radius 3 is 1.08 bits per heavy atom. The van der Waals surface area contributed by atoms with Crippen LogP contribution < -0.4 is 29.1 Å². The molecule has 0 saturated carbocycles. The Morgan fingerprint density at radius 1 is 0.458 bits per heavy atom. The fraction of sp³-hybridized carbons (Fsp3) is 0.313. The van der Waals surface area contributed by atoms with E-state index >= 15 is 0 Å². The molecule has 0 N–H and O–H groups in total. The third-order valence-corrected chi connectivity index (χ3v) is 20.4. The van der Waals surface area contributed by atoms with Gasteiger partial charge in [-0.05, 0) is 154 Å². The van der Waals surface area contributed by atoms with Crippen molar-refractivity contribution in [1.82, 2.24) is 0 Å². The van der Waals surface area contributed by atoms with Crippen molar-refractivity contribution in [2.45, 2.75) is 152 Å². The van der Waals surface area contributed by atoms with Gasteiger partial charge in [-0.15, -0.1) is 0 Å². The first kappa shape index (κ1) is 82.1. The molecule has 518 valence electrons. The van der Waals surface area contributed by atoms with Crippen LogP contribution in [-0.2, 0) is 27.0 Å². The van der Waals surface area contributed by atoms with Gasteiger partial charge in [0.25, 0.3) is 0 Å². The van der Waals surface area contributed by atoms with Crippen LogP contribution in [0.1, 0.15) is 151 Å². The molecule has 0 bridgehead atoms. The molecule has 0 spiro atoms. The molecule has 0 aromatic heterocycles. The zero-order chi connectivity index (χ0) is 68.9. The average molecular weight is 1550 g/mol. The Balaban J connectivity index is 0.000000255. The molecule has 0 unspecified atom stereocenters. The van der Waals surface area contributed by atoms with Gasteiger partial charge in [-0.25, -0.2) is 0 Å². The first-order valence-corrected chi connectivity index (χ1v) is 42.7. The van der Waals surface area contributed by atoms with Crippen LogP contribution in [0, 0.1) is 108 Å². The van der Waals surface area contributed by atoms with Crippen molar-refractivity contribution in [2.75, 3.05) is 45.8 Å². The van der Waals surface area contributed by atoms with Gasteiger partial charge in [-0.1, -0.05) is 116 Å². The maximum absolute atomic E-state index is 7.32. The van der Waals surface area contributed by atoms with Gasteiger partial charge in [0.1, 0.15) is 5.75 Å². The van der Waals surface area contributed by atoms with Crippen LogP contribution in [0.3, 0.4) is 0 Å². The molecule has 11 rings (SSSR count). The second kappa shape index (κ2) is 39.9. The first-order valence-electron chi connectivity index (χ1n) is 31.8. The molecule has 2 fully saturated rings. The SMILES string of the molecule is C.C.CC#N.CC(C)Oc1ccccc1[CH]=[Ru]([Cl])[Cl].CC=Cc1ccccc1OC(C)C.Cc1cc(C)c(N2[CH-]N(c3c(C)cc(C)cc3C)CC2)c(C)c1.Cc1cc(C)c(N2[CH-]N(c3c(C)cc(C)cc3C)CC2)c(C)c1.[Cl][Ru]([Cl])=[C]1C=C(c2ccccc2)c2ccccc21. The number of rotatable bonds is 11. The summed E-state index contributed by atoms with van der Waals surface area (Å²) in [6, 6.07) is 54.5. The number of anilines is 4. The number of para-hydroxylation sites is 2. The number of ether oxygens (including phenoxy) is 2. The Morgan fingerprint density at radius 2 is 0.760 bits per heavy atom. The van der Waals surface area contributed by atoms with Crippen LogP contribution in [0.15, 0.2) is 164 Å². The molecule has 0 atom stereocenters. The molecule has 2 aliphatic heterocycles. The molecule has 0 amide bonds. The van der Waals surface area contributed by atoms with E-state index in [0.29, 0.717) is 0 Å². The van der Waals surface area contributed by atoms with E-state index in [-0.39, 0.29) is 27.1 Å². The molecule has 96 heavy (non-hydrogen) atoms. The van der Waals surface area contributed by atoms with Gasteiger partial charge in [0.15, 0.2) is 0 Å². The number of fused-ring (bicyclic) bond motifs is 1. The van der Waals surface area contributed by atoms with E-state index in [9.17, 15) is 0 Å². The molecule has 7 nitrogen and oxygen atoms in total. The Bertz CT molecular complexity index is 3680. The monoisotopic (exact) mass is 1550 g/mol. The van der Waals surface area contributed by atoms with E-state index in [4.69, 9.17) is 53.5 Å². The van der Waals surface area contributed by atoms with Gasteiger partial charge in [0.05, 0.1) is 12.2 Å². The number of hydrogen-bond donors (Lipinski definition) is 0. The summed E-state index contributed by atoms with van der Waals surface area (Å²) in [4.78, 5) is 9.62. The predicted molar refractivity (Wildman–Crippen MR) is 417 cm³/mol. The fourth-order valence-corrected chi connectivity index (χ4v) is 16.8. The maximum atomic E-state index is 7.32. The standard InChI is InChI=1S/2C21H27N2.C15H10.C12H16O.C10H12O.C2H3N.2CH4.4ClH.2Ru/c2*1-14-9-16(3)20(17(4)10-14)22-7-8-23(13-22)21-18(5)11-15(2)12-19(21)6;1-2-6-12(7-3-1)15-11-10-13-8-4-5-9-14(13)15;1-4-7-11-8-5-6-9-12(11)13-10(2)3;1-8(2)11-10-7-5-4-6-9(10)3;1-2-3;;;;;;;;/h2*9-13H,7-8H2,1-6H3;1-9,11H;4-10H,1-3H3;3-8H,1-2H3;1H3;2*1H4;4*1H;;/q2*-1;;;;;;;;;;;2*+2/p-4. The van der Waals surface area contributed by atoms with Crippen molar-refractivity contribution in [3.8, 4) is 17.6 Å². The number of halogens is 4. The zero-order valence-electron chi connectivity index (χ0n) is 58.2. The van der Waals surface area contributed by atoms with E-state index < -0.39 is 27.0 Å². The number of benzene rings is 8. The van der Waals surface area contributed by atoms with E-state index in [1.165, 1.54) is 119 Å². The van der Waals surface area contributed by atoms with Crippen molar-refractivity contribution in [3.05, 3.63) is 272 Å². The van der Waals surface area contributed by atoms with Crippen molar-refractivity contribution < 1.29 is 36.5 Å². The molecule has 2 saturated heterocycles. The Kier molecular flexibility index (Phi) is 34.1. The van der Waals surface area contributed by atoms with Gasteiger partial charge < -0.3 is 24.3 Å². The molecule has 8 aromatic carbocycles. The van der Waals surface area contributed by atoms with E-state index in [1.807, 2.05) is 112 Å². The van der Waals surface area contributed by atoms with Gasteiger partial charge in [-0.3, -0.25) is 0 Å². The number of aryl methyl sites for hydroxylation is 12. The van der Waals surface area contributed by atoms with Gasteiger partial charge in [0, 0.05) is 61.4 Å². The third-order valence-electron chi connectivity index (χ3n) is 15.5. The van der Waals surface area contributed by atoms with Crippen molar-refractivity contribution in [2.24, 2.45) is 0 Å². The van der Waals surface area contributed by atoms with Crippen LogP contribution in [0.4, 0.5) is 22.7 Å². The van der Waals surface area contributed by atoms with Crippen molar-refractivity contribution in [1.29, 1.82) is 5.26 Å². The molecule has 0 radical (unpaired) electrons. The summed E-state index contributed by atoms with van der Waals surface area (Å²) in [5.74, 6) is 1.80. The molecule has 1 aliphatic carbocycles. The second-order valence-electron chi connectivity index (χ2n) is 24.4. The van der Waals surface area contributed by atoms with Crippen LogP contribution in [-0.4, -0.2) is 47.1 Å². The van der Waals surface area contributed by atoms with E-state index in [1.54, 1.807) is 6.07 Å². The number of nitriles is 1.